The van der Waals surface area contributed by atoms with Crippen LogP contribution in [0, 0.1) is 6.92 Å². The summed E-state index contributed by atoms with van der Waals surface area (Å²) in [6, 6.07) is 0. The quantitative estimate of drug-likeness (QED) is 0.814. The number of hydrogen-bond acceptors (Lipinski definition) is 3. The van der Waals surface area contributed by atoms with E-state index in [0.29, 0.717) is 0 Å². The molecular weight excluding hydrogens is 192 g/mol. The minimum atomic E-state index is -0.178. The molecule has 0 atom stereocenters. The van der Waals surface area contributed by atoms with Gasteiger partial charge in [0.2, 0.25) is 0 Å². The van der Waals surface area contributed by atoms with E-state index < -0.39 is 0 Å². The van der Waals surface area contributed by atoms with Gasteiger partial charge in [0, 0.05) is 11.1 Å². The molecular formula is C11H20N2S. The molecule has 1 aromatic rings. The summed E-state index contributed by atoms with van der Waals surface area (Å²) >= 11 is 1.70. The van der Waals surface area contributed by atoms with Crippen LogP contribution >= 0.6 is 11.3 Å². The predicted octanol–water partition coefficient (Wildman–Crippen LogP) is 3.21. The first kappa shape index (κ1) is 11.7. The molecule has 80 valence electrons. The maximum Gasteiger partial charge on any atom is 0.113 e. The van der Waals surface area contributed by atoms with Crippen LogP contribution in [0.5, 0.6) is 0 Å². The van der Waals surface area contributed by atoms with Crippen molar-refractivity contribution in [1.29, 1.82) is 0 Å². The van der Waals surface area contributed by atoms with Crippen molar-refractivity contribution >= 4 is 11.3 Å². The third-order valence-corrected chi connectivity index (χ3v) is 3.62. The number of aryl methyl sites for hydroxylation is 1. The van der Waals surface area contributed by atoms with Crippen molar-refractivity contribution in [3.8, 4) is 0 Å². The van der Waals surface area contributed by atoms with Gasteiger partial charge in [-0.1, -0.05) is 26.7 Å². The third kappa shape index (κ3) is 2.55. The molecule has 2 nitrogen and oxygen atoms in total. The summed E-state index contributed by atoms with van der Waals surface area (Å²) in [5.74, 6) is 0. The molecule has 0 saturated heterocycles. The predicted molar refractivity (Wildman–Crippen MR) is 62.5 cm³/mol. The summed E-state index contributed by atoms with van der Waals surface area (Å²) in [7, 11) is 0. The van der Waals surface area contributed by atoms with Crippen molar-refractivity contribution in [3.63, 3.8) is 0 Å². The Morgan fingerprint density at radius 3 is 2.29 bits per heavy atom. The van der Waals surface area contributed by atoms with Gasteiger partial charge in [0.1, 0.15) is 5.01 Å². The zero-order valence-electron chi connectivity index (χ0n) is 9.34. The van der Waals surface area contributed by atoms with Crippen molar-refractivity contribution in [2.24, 2.45) is 5.73 Å². The van der Waals surface area contributed by atoms with Crippen LogP contribution in [0.2, 0.25) is 0 Å². The van der Waals surface area contributed by atoms with Crippen LogP contribution in [0.4, 0.5) is 0 Å². The Hall–Kier alpha value is -0.410. The van der Waals surface area contributed by atoms with E-state index in [2.05, 4.69) is 24.2 Å². The summed E-state index contributed by atoms with van der Waals surface area (Å²) in [5.41, 5.74) is 7.31. The van der Waals surface area contributed by atoms with Gasteiger partial charge in [0.05, 0.1) is 5.54 Å². The second-order valence-corrected chi connectivity index (χ2v) is 4.81. The average molecular weight is 212 g/mol. The monoisotopic (exact) mass is 212 g/mol. The molecule has 1 heterocycles. The Morgan fingerprint density at radius 1 is 1.36 bits per heavy atom. The highest BCUT2D eigenvalue weighted by Gasteiger charge is 2.28. The molecule has 1 aromatic heterocycles. The molecule has 0 aliphatic rings. The van der Waals surface area contributed by atoms with Crippen LogP contribution in [0.3, 0.4) is 0 Å². The summed E-state index contributed by atoms with van der Waals surface area (Å²) < 4.78 is 0. The molecule has 14 heavy (non-hydrogen) atoms. The molecule has 0 unspecified atom stereocenters. The zero-order chi connectivity index (χ0) is 10.6. The molecule has 0 radical (unpaired) electrons. The fourth-order valence-electron chi connectivity index (χ4n) is 1.81. The van der Waals surface area contributed by atoms with E-state index in [9.17, 15) is 0 Å². The van der Waals surface area contributed by atoms with Gasteiger partial charge < -0.3 is 5.73 Å². The Morgan fingerprint density at radius 2 is 1.93 bits per heavy atom. The van der Waals surface area contributed by atoms with Crippen molar-refractivity contribution in [3.05, 3.63) is 16.1 Å². The first-order valence-corrected chi connectivity index (χ1v) is 6.22. The summed E-state index contributed by atoms with van der Waals surface area (Å²) in [5, 5.41) is 3.20. The van der Waals surface area contributed by atoms with E-state index in [1.165, 1.54) is 0 Å². The van der Waals surface area contributed by atoms with Gasteiger partial charge in [-0.15, -0.1) is 11.3 Å². The zero-order valence-corrected chi connectivity index (χ0v) is 10.2. The number of rotatable bonds is 5. The highest BCUT2D eigenvalue weighted by molar-refractivity contribution is 7.09. The summed E-state index contributed by atoms with van der Waals surface area (Å²) in [6.07, 6.45) is 4.31. The topological polar surface area (TPSA) is 38.9 Å². The molecule has 0 aliphatic heterocycles. The Balaban J connectivity index is 2.86. The van der Waals surface area contributed by atoms with Gasteiger partial charge in [-0.05, 0) is 19.8 Å². The number of hydrogen-bond donors (Lipinski definition) is 1. The van der Waals surface area contributed by atoms with Crippen molar-refractivity contribution in [2.75, 3.05) is 0 Å². The van der Waals surface area contributed by atoms with E-state index in [-0.39, 0.29) is 5.54 Å². The third-order valence-electron chi connectivity index (χ3n) is 2.44. The average Bonchev–Trinajstić information content (AvgIpc) is 2.53. The van der Waals surface area contributed by atoms with Crippen LogP contribution in [0.25, 0.3) is 0 Å². The molecule has 0 fully saturated rings. The Labute approximate surface area is 90.6 Å². The minimum Gasteiger partial charge on any atom is -0.319 e. The number of nitrogens with two attached hydrogens (primary N) is 1. The first-order chi connectivity index (χ1) is 6.62. The molecule has 0 aromatic carbocycles. The highest BCUT2D eigenvalue weighted by atomic mass is 32.1. The molecule has 0 saturated carbocycles. The van der Waals surface area contributed by atoms with E-state index in [1.807, 2.05) is 6.92 Å². The van der Waals surface area contributed by atoms with Gasteiger partial charge >= 0.3 is 0 Å². The highest BCUT2D eigenvalue weighted by Crippen LogP contribution is 2.30. The van der Waals surface area contributed by atoms with Crippen molar-refractivity contribution in [2.45, 2.75) is 52.0 Å². The van der Waals surface area contributed by atoms with Gasteiger partial charge in [-0.25, -0.2) is 4.98 Å². The fourth-order valence-corrected chi connectivity index (χ4v) is 2.78. The fraction of sp³-hybridized carbons (Fsp3) is 0.727. The Bertz CT molecular complexity index is 275. The SMILES string of the molecule is CCCC(N)(CCC)c1nc(C)cs1. The standard InChI is InChI=1S/C11H20N2S/c1-4-6-11(12,7-5-2)10-13-9(3)8-14-10/h8H,4-7,12H2,1-3H3. The maximum absolute atomic E-state index is 6.40. The van der Waals surface area contributed by atoms with E-state index in [4.69, 9.17) is 5.73 Å². The van der Waals surface area contributed by atoms with Gasteiger partial charge in [0.15, 0.2) is 0 Å². The first-order valence-electron chi connectivity index (χ1n) is 5.34. The van der Waals surface area contributed by atoms with Crippen LogP contribution in [0.15, 0.2) is 5.38 Å². The van der Waals surface area contributed by atoms with Crippen molar-refractivity contribution in [1.82, 2.24) is 4.98 Å². The van der Waals surface area contributed by atoms with Crippen LogP contribution in [0.1, 0.15) is 50.2 Å². The second kappa shape index (κ2) is 4.89. The normalized spacial score (nSPS) is 12.0. The van der Waals surface area contributed by atoms with Crippen LogP contribution in [-0.4, -0.2) is 4.98 Å². The van der Waals surface area contributed by atoms with Crippen LogP contribution in [-0.2, 0) is 5.54 Å². The molecule has 0 aliphatic carbocycles. The van der Waals surface area contributed by atoms with Gasteiger partial charge in [0.25, 0.3) is 0 Å². The van der Waals surface area contributed by atoms with Gasteiger partial charge in [-0.2, -0.15) is 0 Å². The lowest BCUT2D eigenvalue weighted by Crippen LogP contribution is -2.36. The Kier molecular flexibility index (Phi) is 4.08. The van der Waals surface area contributed by atoms with Crippen LogP contribution < -0.4 is 5.73 Å². The lowest BCUT2D eigenvalue weighted by Gasteiger charge is -2.26. The lowest BCUT2D eigenvalue weighted by molar-refractivity contribution is 0.367. The molecule has 0 bridgehead atoms. The maximum atomic E-state index is 6.40. The minimum absolute atomic E-state index is 0.178. The number of nitrogens with zero attached hydrogens (tertiary/aromatic N) is 1. The largest absolute Gasteiger partial charge is 0.319 e. The van der Waals surface area contributed by atoms with E-state index in [1.54, 1.807) is 11.3 Å². The molecule has 3 heteroatoms. The smallest absolute Gasteiger partial charge is 0.113 e. The molecule has 2 N–H and O–H groups in total. The number of thiazole rings is 1. The molecule has 0 spiro atoms. The summed E-state index contributed by atoms with van der Waals surface area (Å²) in [4.78, 5) is 4.51. The molecule has 0 amide bonds. The molecule has 1 rings (SSSR count). The summed E-state index contributed by atoms with van der Waals surface area (Å²) in [6.45, 7) is 6.38. The van der Waals surface area contributed by atoms with E-state index in [0.717, 1.165) is 36.4 Å². The van der Waals surface area contributed by atoms with Gasteiger partial charge in [-0.3, -0.25) is 0 Å². The van der Waals surface area contributed by atoms with E-state index >= 15 is 0 Å². The number of aromatic nitrogens is 1. The van der Waals surface area contributed by atoms with Crippen molar-refractivity contribution < 1.29 is 0 Å². The lowest BCUT2D eigenvalue weighted by atomic mass is 9.90. The second-order valence-electron chi connectivity index (χ2n) is 3.95.